The second-order valence-corrected chi connectivity index (χ2v) is 7.82. The van der Waals surface area contributed by atoms with Crippen LogP contribution in [0.5, 0.6) is 0 Å². The molecule has 0 bridgehead atoms. The van der Waals surface area contributed by atoms with E-state index in [1.165, 1.54) is 7.11 Å². The molecule has 0 aliphatic heterocycles. The van der Waals surface area contributed by atoms with Crippen molar-refractivity contribution in [3.63, 3.8) is 0 Å². The van der Waals surface area contributed by atoms with Crippen molar-refractivity contribution in [1.82, 2.24) is 4.72 Å². The molecule has 5 nitrogen and oxygen atoms in total. The van der Waals surface area contributed by atoms with Crippen molar-refractivity contribution in [3.8, 4) is 0 Å². The monoisotopic (exact) mass is 361 g/mol. The maximum atomic E-state index is 12.6. The zero-order chi connectivity index (χ0) is 18.4. The minimum absolute atomic E-state index is 0.124. The molecule has 0 aliphatic carbocycles. The van der Waals surface area contributed by atoms with Crippen molar-refractivity contribution in [2.45, 2.75) is 37.1 Å². The molecule has 1 unspecified atom stereocenters. The molecule has 2 aromatic rings. The van der Waals surface area contributed by atoms with E-state index in [0.717, 1.165) is 11.1 Å². The number of benzene rings is 2. The van der Waals surface area contributed by atoms with Crippen LogP contribution in [-0.4, -0.2) is 27.5 Å². The summed E-state index contributed by atoms with van der Waals surface area (Å²) in [4.78, 5) is 12.1. The van der Waals surface area contributed by atoms with Crippen molar-refractivity contribution >= 4 is 16.0 Å². The standard InChI is InChI=1S/C19H23NO4S/c1-14(2)16-9-11-17(12-10-16)25(22,23)20-18(19(21)24-3)13-15-7-5-4-6-8-15/h4-12,14,18,20H,13H2,1-3H3. The normalized spacial score (nSPS) is 12.8. The summed E-state index contributed by atoms with van der Waals surface area (Å²) < 4.78 is 32.4. The van der Waals surface area contributed by atoms with Crippen LogP contribution in [-0.2, 0) is 26.0 Å². The van der Waals surface area contributed by atoms with Gasteiger partial charge in [0.05, 0.1) is 12.0 Å². The first kappa shape index (κ1) is 19.1. The first-order chi connectivity index (χ1) is 11.8. The molecule has 2 aromatic carbocycles. The molecule has 0 amide bonds. The molecule has 134 valence electrons. The second-order valence-electron chi connectivity index (χ2n) is 6.11. The molecular weight excluding hydrogens is 338 g/mol. The Labute approximate surface area is 149 Å². The summed E-state index contributed by atoms with van der Waals surface area (Å²) >= 11 is 0. The van der Waals surface area contributed by atoms with Gasteiger partial charge in [0.2, 0.25) is 10.0 Å². The first-order valence-corrected chi connectivity index (χ1v) is 9.56. The molecule has 6 heteroatoms. The van der Waals surface area contributed by atoms with Crippen LogP contribution in [0.25, 0.3) is 0 Å². The average Bonchev–Trinajstić information content (AvgIpc) is 2.61. The number of methoxy groups -OCH3 is 1. The highest BCUT2D eigenvalue weighted by Gasteiger charge is 2.26. The zero-order valence-electron chi connectivity index (χ0n) is 14.6. The van der Waals surface area contributed by atoms with Gasteiger partial charge in [-0.15, -0.1) is 0 Å². The molecule has 0 spiro atoms. The minimum atomic E-state index is -3.83. The summed E-state index contributed by atoms with van der Waals surface area (Å²) in [6, 6.07) is 14.9. The zero-order valence-corrected chi connectivity index (χ0v) is 15.4. The van der Waals surface area contributed by atoms with Gasteiger partial charge in [0.1, 0.15) is 6.04 Å². The fourth-order valence-corrected chi connectivity index (χ4v) is 3.64. The maximum absolute atomic E-state index is 12.6. The highest BCUT2D eigenvalue weighted by molar-refractivity contribution is 7.89. The summed E-state index contributed by atoms with van der Waals surface area (Å²) in [5, 5.41) is 0. The first-order valence-electron chi connectivity index (χ1n) is 8.07. The van der Waals surface area contributed by atoms with E-state index in [1.54, 1.807) is 24.3 Å². The topological polar surface area (TPSA) is 72.5 Å². The van der Waals surface area contributed by atoms with Crippen LogP contribution in [0.15, 0.2) is 59.5 Å². The van der Waals surface area contributed by atoms with Crippen LogP contribution in [0.1, 0.15) is 30.9 Å². The molecule has 0 radical (unpaired) electrons. The third-order valence-corrected chi connectivity index (χ3v) is 5.41. The van der Waals surface area contributed by atoms with Gasteiger partial charge in [-0.1, -0.05) is 56.3 Å². The Kier molecular flexibility index (Phi) is 6.33. The van der Waals surface area contributed by atoms with E-state index in [0.29, 0.717) is 5.92 Å². The van der Waals surface area contributed by atoms with Gasteiger partial charge in [0, 0.05) is 0 Å². The van der Waals surface area contributed by atoms with E-state index in [-0.39, 0.29) is 11.3 Å². The SMILES string of the molecule is COC(=O)C(Cc1ccccc1)NS(=O)(=O)c1ccc(C(C)C)cc1. The summed E-state index contributed by atoms with van der Waals surface area (Å²) in [7, 11) is -2.59. The Morgan fingerprint density at radius 2 is 1.64 bits per heavy atom. The van der Waals surface area contributed by atoms with Gasteiger partial charge in [0.15, 0.2) is 0 Å². The van der Waals surface area contributed by atoms with Crippen LogP contribution in [0.2, 0.25) is 0 Å². The van der Waals surface area contributed by atoms with E-state index in [4.69, 9.17) is 4.74 Å². The number of sulfonamides is 1. The number of hydrogen-bond donors (Lipinski definition) is 1. The van der Waals surface area contributed by atoms with E-state index < -0.39 is 22.0 Å². The highest BCUT2D eigenvalue weighted by Crippen LogP contribution is 2.18. The Bertz CT molecular complexity index is 799. The summed E-state index contributed by atoms with van der Waals surface area (Å²) in [6.45, 7) is 4.07. The van der Waals surface area contributed by atoms with Gasteiger partial charge in [-0.05, 0) is 35.6 Å². The smallest absolute Gasteiger partial charge is 0.324 e. The van der Waals surface area contributed by atoms with E-state index in [1.807, 2.05) is 44.2 Å². The van der Waals surface area contributed by atoms with Crippen LogP contribution >= 0.6 is 0 Å². The lowest BCUT2D eigenvalue weighted by Crippen LogP contribution is -2.42. The van der Waals surface area contributed by atoms with E-state index in [9.17, 15) is 13.2 Å². The Morgan fingerprint density at radius 1 is 1.04 bits per heavy atom. The lowest BCUT2D eigenvalue weighted by atomic mass is 10.0. The van der Waals surface area contributed by atoms with Crippen LogP contribution in [0.3, 0.4) is 0 Å². The molecule has 0 heterocycles. The quantitative estimate of drug-likeness (QED) is 0.770. The van der Waals surface area contributed by atoms with Crippen LogP contribution in [0, 0.1) is 0 Å². The predicted molar refractivity (Wildman–Crippen MR) is 96.8 cm³/mol. The fraction of sp³-hybridized carbons (Fsp3) is 0.316. The fourth-order valence-electron chi connectivity index (χ4n) is 2.45. The molecule has 0 aliphatic rings. The number of carbonyl (C=O) groups excluding carboxylic acids is 1. The summed E-state index contributed by atoms with van der Waals surface area (Å²) in [6.07, 6.45) is 0.219. The molecule has 0 saturated carbocycles. The third kappa shape index (κ3) is 5.14. The predicted octanol–water partition coefficient (Wildman–Crippen LogP) is 2.87. The molecule has 0 aromatic heterocycles. The van der Waals surface area contributed by atoms with Gasteiger partial charge in [-0.3, -0.25) is 4.79 Å². The Hall–Kier alpha value is -2.18. The van der Waals surface area contributed by atoms with Crippen LogP contribution < -0.4 is 4.72 Å². The number of esters is 1. The van der Waals surface area contributed by atoms with Crippen molar-refractivity contribution < 1.29 is 17.9 Å². The van der Waals surface area contributed by atoms with Gasteiger partial charge < -0.3 is 4.74 Å². The van der Waals surface area contributed by atoms with E-state index >= 15 is 0 Å². The Balaban J connectivity index is 2.22. The highest BCUT2D eigenvalue weighted by atomic mass is 32.2. The second kappa shape index (κ2) is 8.27. The maximum Gasteiger partial charge on any atom is 0.324 e. The lowest BCUT2D eigenvalue weighted by molar-refractivity contribution is -0.142. The van der Waals surface area contributed by atoms with Crippen molar-refractivity contribution in [1.29, 1.82) is 0 Å². The number of ether oxygens (including phenoxy) is 1. The lowest BCUT2D eigenvalue weighted by Gasteiger charge is -2.17. The van der Waals surface area contributed by atoms with Gasteiger partial charge >= 0.3 is 5.97 Å². The molecule has 1 atom stereocenters. The number of carbonyl (C=O) groups is 1. The largest absolute Gasteiger partial charge is 0.468 e. The van der Waals surface area contributed by atoms with E-state index in [2.05, 4.69) is 4.72 Å². The number of rotatable bonds is 7. The van der Waals surface area contributed by atoms with Crippen LogP contribution in [0.4, 0.5) is 0 Å². The summed E-state index contributed by atoms with van der Waals surface area (Å²) in [5.41, 5.74) is 1.89. The number of nitrogens with one attached hydrogen (secondary N) is 1. The number of hydrogen-bond acceptors (Lipinski definition) is 4. The summed E-state index contributed by atoms with van der Waals surface area (Å²) in [5.74, 6) is -0.308. The van der Waals surface area contributed by atoms with Crippen molar-refractivity contribution in [3.05, 3.63) is 65.7 Å². The third-order valence-electron chi connectivity index (χ3n) is 3.92. The molecular formula is C19H23NO4S. The molecule has 25 heavy (non-hydrogen) atoms. The average molecular weight is 361 g/mol. The minimum Gasteiger partial charge on any atom is -0.468 e. The molecule has 2 rings (SSSR count). The van der Waals surface area contributed by atoms with Gasteiger partial charge in [0.25, 0.3) is 0 Å². The van der Waals surface area contributed by atoms with Gasteiger partial charge in [-0.25, -0.2) is 8.42 Å². The van der Waals surface area contributed by atoms with Crippen molar-refractivity contribution in [2.24, 2.45) is 0 Å². The Morgan fingerprint density at radius 3 is 2.16 bits per heavy atom. The molecule has 0 saturated heterocycles. The van der Waals surface area contributed by atoms with Crippen molar-refractivity contribution in [2.75, 3.05) is 7.11 Å². The molecule has 0 fully saturated rings. The van der Waals surface area contributed by atoms with Gasteiger partial charge in [-0.2, -0.15) is 4.72 Å². The molecule has 1 N–H and O–H groups in total.